The Bertz CT molecular complexity index is 562. The Hall–Kier alpha value is -1.42. The summed E-state index contributed by atoms with van der Waals surface area (Å²) in [7, 11) is 0. The lowest BCUT2D eigenvalue weighted by atomic mass is 9.97. The van der Waals surface area contributed by atoms with Gasteiger partial charge >= 0.3 is 5.97 Å². The third-order valence-electron chi connectivity index (χ3n) is 3.17. The number of carboxylic acid groups (broad SMARTS) is 1. The van der Waals surface area contributed by atoms with E-state index in [1.807, 2.05) is 32.0 Å². The van der Waals surface area contributed by atoms with Gasteiger partial charge in [-0.25, -0.2) is 4.98 Å². The second kappa shape index (κ2) is 4.45. The van der Waals surface area contributed by atoms with E-state index in [2.05, 4.69) is 4.98 Å². The Kier molecular flexibility index (Phi) is 3.15. The maximum Gasteiger partial charge on any atom is 0.306 e. The van der Waals surface area contributed by atoms with Crippen molar-refractivity contribution >= 4 is 27.5 Å². The molecule has 1 heterocycles. The van der Waals surface area contributed by atoms with E-state index >= 15 is 0 Å². The molecule has 90 valence electrons. The largest absolute Gasteiger partial charge is 0.481 e. The lowest BCUT2D eigenvalue weighted by Gasteiger charge is -2.12. The molecule has 0 saturated carbocycles. The van der Waals surface area contributed by atoms with Gasteiger partial charge in [0.2, 0.25) is 0 Å². The van der Waals surface area contributed by atoms with Crippen LogP contribution >= 0.6 is 11.3 Å². The number of aliphatic carboxylic acids is 1. The molecule has 0 bridgehead atoms. The van der Waals surface area contributed by atoms with Crippen molar-refractivity contribution < 1.29 is 9.90 Å². The van der Waals surface area contributed by atoms with Gasteiger partial charge in [0.25, 0.3) is 0 Å². The van der Waals surface area contributed by atoms with E-state index in [1.54, 1.807) is 18.3 Å². The predicted octanol–water partition coefficient (Wildman–Crippen LogP) is 3.43. The molecular formula is C13H15NO2S. The molecule has 3 nitrogen and oxygen atoms in total. The third kappa shape index (κ3) is 2.17. The number of benzene rings is 1. The Morgan fingerprint density at radius 2 is 2.12 bits per heavy atom. The molecule has 0 amide bonds. The maximum atomic E-state index is 11.0. The fraction of sp³-hybridized carbons (Fsp3) is 0.385. The molecule has 0 radical (unpaired) electrons. The molecule has 2 atom stereocenters. The fourth-order valence-electron chi connectivity index (χ4n) is 1.73. The van der Waals surface area contributed by atoms with Gasteiger partial charge in [0.05, 0.1) is 21.1 Å². The van der Waals surface area contributed by atoms with Crippen LogP contribution in [0.5, 0.6) is 0 Å². The maximum absolute atomic E-state index is 11.0. The van der Waals surface area contributed by atoms with E-state index in [0.29, 0.717) is 0 Å². The summed E-state index contributed by atoms with van der Waals surface area (Å²) in [5.41, 5.74) is 2.14. The molecule has 0 spiro atoms. The zero-order valence-electron chi connectivity index (χ0n) is 10.1. The van der Waals surface area contributed by atoms with Crippen LogP contribution in [0.3, 0.4) is 0 Å². The van der Waals surface area contributed by atoms with E-state index in [4.69, 9.17) is 5.11 Å². The number of nitrogens with zero attached hydrogens (tertiary/aromatic N) is 1. The topological polar surface area (TPSA) is 50.2 Å². The number of fused-ring (bicyclic) bond motifs is 1. The van der Waals surface area contributed by atoms with Crippen LogP contribution in [0.4, 0.5) is 0 Å². The van der Waals surface area contributed by atoms with E-state index in [1.165, 1.54) is 0 Å². The van der Waals surface area contributed by atoms with Crippen molar-refractivity contribution in [2.24, 2.45) is 5.92 Å². The first-order valence-electron chi connectivity index (χ1n) is 5.59. The molecule has 0 aliphatic heterocycles. The SMILES string of the molecule is Cc1cccc2sc(C(C)C(C)C(=O)O)nc12. The number of thiazole rings is 1. The predicted molar refractivity (Wildman–Crippen MR) is 69.6 cm³/mol. The van der Waals surface area contributed by atoms with Gasteiger partial charge < -0.3 is 5.11 Å². The molecule has 0 saturated heterocycles. The Morgan fingerprint density at radius 1 is 1.41 bits per heavy atom. The van der Waals surface area contributed by atoms with Crippen LogP contribution in [0.25, 0.3) is 10.2 Å². The number of carbonyl (C=O) groups is 1. The van der Waals surface area contributed by atoms with Gasteiger partial charge in [-0.15, -0.1) is 11.3 Å². The highest BCUT2D eigenvalue weighted by Crippen LogP contribution is 2.32. The second-order valence-corrected chi connectivity index (χ2v) is 5.45. The van der Waals surface area contributed by atoms with Crippen LogP contribution in [0.1, 0.15) is 30.3 Å². The molecule has 0 fully saturated rings. The van der Waals surface area contributed by atoms with E-state index in [-0.39, 0.29) is 5.92 Å². The van der Waals surface area contributed by atoms with Crippen molar-refractivity contribution in [3.63, 3.8) is 0 Å². The van der Waals surface area contributed by atoms with Crippen LogP contribution in [0, 0.1) is 12.8 Å². The van der Waals surface area contributed by atoms with E-state index < -0.39 is 11.9 Å². The summed E-state index contributed by atoms with van der Waals surface area (Å²) in [5, 5.41) is 9.93. The monoisotopic (exact) mass is 249 g/mol. The average molecular weight is 249 g/mol. The second-order valence-electron chi connectivity index (χ2n) is 4.39. The minimum absolute atomic E-state index is 0.0516. The first-order valence-corrected chi connectivity index (χ1v) is 6.41. The number of aryl methyl sites for hydroxylation is 1. The smallest absolute Gasteiger partial charge is 0.306 e. The van der Waals surface area contributed by atoms with Crippen LogP contribution < -0.4 is 0 Å². The molecule has 0 aliphatic rings. The Morgan fingerprint density at radius 3 is 2.71 bits per heavy atom. The lowest BCUT2D eigenvalue weighted by molar-refractivity contribution is -0.141. The molecule has 1 aromatic carbocycles. The summed E-state index contributed by atoms with van der Waals surface area (Å²) in [6, 6.07) is 6.06. The molecular weight excluding hydrogens is 234 g/mol. The van der Waals surface area contributed by atoms with Crippen molar-refractivity contribution in [1.82, 2.24) is 4.98 Å². The molecule has 17 heavy (non-hydrogen) atoms. The van der Waals surface area contributed by atoms with Gasteiger partial charge in [0.15, 0.2) is 0 Å². The lowest BCUT2D eigenvalue weighted by Crippen LogP contribution is -2.16. The number of hydrogen-bond donors (Lipinski definition) is 1. The van der Waals surface area contributed by atoms with Gasteiger partial charge in [-0.2, -0.15) is 0 Å². The molecule has 2 rings (SSSR count). The summed E-state index contributed by atoms with van der Waals surface area (Å²) in [4.78, 5) is 15.5. The highest BCUT2D eigenvalue weighted by Gasteiger charge is 2.23. The van der Waals surface area contributed by atoms with Gasteiger partial charge in [-0.3, -0.25) is 4.79 Å². The Labute approximate surface area is 104 Å². The number of para-hydroxylation sites is 1. The van der Waals surface area contributed by atoms with Crippen molar-refractivity contribution in [2.75, 3.05) is 0 Å². The van der Waals surface area contributed by atoms with Gasteiger partial charge in [0, 0.05) is 5.92 Å². The molecule has 1 N–H and O–H groups in total. The van der Waals surface area contributed by atoms with Crippen molar-refractivity contribution in [3.8, 4) is 0 Å². The number of rotatable bonds is 3. The highest BCUT2D eigenvalue weighted by atomic mass is 32.1. The summed E-state index contributed by atoms with van der Waals surface area (Å²) < 4.78 is 1.13. The standard InChI is InChI=1S/C13H15NO2S/c1-7-5-4-6-10-11(7)14-12(17-10)8(2)9(3)13(15)16/h4-6,8-9H,1-3H3,(H,15,16). The Balaban J connectivity index is 2.43. The number of aromatic nitrogens is 1. The average Bonchev–Trinajstić information content (AvgIpc) is 2.72. The summed E-state index contributed by atoms with van der Waals surface area (Å²) in [5.74, 6) is -1.23. The molecule has 4 heteroatoms. The zero-order chi connectivity index (χ0) is 12.6. The fourth-order valence-corrected chi connectivity index (χ4v) is 2.93. The zero-order valence-corrected chi connectivity index (χ0v) is 10.9. The minimum Gasteiger partial charge on any atom is -0.481 e. The first-order chi connectivity index (χ1) is 8.00. The normalized spacial score (nSPS) is 14.8. The summed E-state index contributed by atoms with van der Waals surface area (Å²) in [6.07, 6.45) is 0. The van der Waals surface area contributed by atoms with Crippen molar-refractivity contribution in [3.05, 3.63) is 28.8 Å². The first kappa shape index (κ1) is 12.0. The van der Waals surface area contributed by atoms with Crippen LogP contribution in [0.15, 0.2) is 18.2 Å². The van der Waals surface area contributed by atoms with Gasteiger partial charge in [-0.1, -0.05) is 26.0 Å². The summed E-state index contributed by atoms with van der Waals surface area (Å²) >= 11 is 1.59. The molecule has 0 aliphatic carbocycles. The van der Waals surface area contributed by atoms with E-state index in [9.17, 15) is 4.79 Å². The third-order valence-corrected chi connectivity index (χ3v) is 4.39. The minimum atomic E-state index is -0.770. The molecule has 2 aromatic rings. The number of carboxylic acids is 1. The van der Waals surface area contributed by atoms with E-state index in [0.717, 1.165) is 20.8 Å². The number of hydrogen-bond acceptors (Lipinski definition) is 3. The van der Waals surface area contributed by atoms with Gasteiger partial charge in [-0.05, 0) is 18.6 Å². The summed E-state index contributed by atoms with van der Waals surface area (Å²) in [6.45, 7) is 5.68. The van der Waals surface area contributed by atoms with Crippen molar-refractivity contribution in [2.45, 2.75) is 26.7 Å². The highest BCUT2D eigenvalue weighted by molar-refractivity contribution is 7.18. The van der Waals surface area contributed by atoms with Gasteiger partial charge in [0.1, 0.15) is 0 Å². The quantitative estimate of drug-likeness (QED) is 0.906. The van der Waals surface area contributed by atoms with Crippen LogP contribution in [-0.2, 0) is 4.79 Å². The molecule has 1 aromatic heterocycles. The molecule has 2 unspecified atom stereocenters. The van der Waals surface area contributed by atoms with Crippen molar-refractivity contribution in [1.29, 1.82) is 0 Å². The van der Waals surface area contributed by atoms with Crippen LogP contribution in [0.2, 0.25) is 0 Å². The van der Waals surface area contributed by atoms with Crippen LogP contribution in [-0.4, -0.2) is 16.1 Å².